The minimum Gasteiger partial charge on any atom is -0.497 e. The van der Waals surface area contributed by atoms with Gasteiger partial charge in [0.2, 0.25) is 5.95 Å². The van der Waals surface area contributed by atoms with E-state index in [1.165, 1.54) is 12.0 Å². The van der Waals surface area contributed by atoms with Crippen molar-refractivity contribution in [1.29, 1.82) is 0 Å². The highest BCUT2D eigenvalue weighted by Crippen LogP contribution is 2.14. The number of ether oxygens (including phenoxy) is 1. The van der Waals surface area contributed by atoms with Crippen molar-refractivity contribution < 1.29 is 9.53 Å². The summed E-state index contributed by atoms with van der Waals surface area (Å²) >= 11 is 0. The van der Waals surface area contributed by atoms with Crippen LogP contribution in [-0.2, 0) is 6.42 Å². The summed E-state index contributed by atoms with van der Waals surface area (Å²) in [5.41, 5.74) is 1.63. The molecule has 0 saturated carbocycles. The lowest BCUT2D eigenvalue weighted by atomic mass is 10.1. The smallest absolute Gasteiger partial charge is 0.272 e. The Balaban J connectivity index is 1.57. The van der Waals surface area contributed by atoms with Gasteiger partial charge in [0.1, 0.15) is 11.4 Å². The Morgan fingerprint density at radius 3 is 2.88 bits per heavy atom. The SMILES string of the molecule is COc1cccc(CCNc2nccc(C(=O)N3CCCCC3)n2)c1. The second-order valence-electron chi connectivity index (χ2n) is 6.15. The van der Waals surface area contributed by atoms with Crippen molar-refractivity contribution in [2.45, 2.75) is 25.7 Å². The fourth-order valence-electron chi connectivity index (χ4n) is 2.97. The number of nitrogens with zero attached hydrogens (tertiary/aromatic N) is 3. The van der Waals surface area contributed by atoms with Gasteiger partial charge in [0.25, 0.3) is 5.91 Å². The molecule has 132 valence electrons. The largest absolute Gasteiger partial charge is 0.497 e. The van der Waals surface area contributed by atoms with Crippen LogP contribution in [-0.4, -0.2) is 47.5 Å². The summed E-state index contributed by atoms with van der Waals surface area (Å²) in [5, 5.41) is 3.20. The van der Waals surface area contributed by atoms with Crippen LogP contribution in [0.25, 0.3) is 0 Å². The van der Waals surface area contributed by atoms with Crippen molar-refractivity contribution in [1.82, 2.24) is 14.9 Å². The number of hydrogen-bond donors (Lipinski definition) is 1. The molecule has 6 heteroatoms. The van der Waals surface area contributed by atoms with Crippen LogP contribution in [0.2, 0.25) is 0 Å². The molecule has 0 aliphatic carbocycles. The first kappa shape index (κ1) is 17.2. The fraction of sp³-hybridized carbons (Fsp3) is 0.421. The van der Waals surface area contributed by atoms with Crippen molar-refractivity contribution in [3.8, 4) is 5.75 Å². The van der Waals surface area contributed by atoms with Crippen LogP contribution in [0.4, 0.5) is 5.95 Å². The molecule has 2 aromatic rings. The monoisotopic (exact) mass is 340 g/mol. The van der Waals surface area contributed by atoms with E-state index in [0.29, 0.717) is 18.2 Å². The lowest BCUT2D eigenvalue weighted by Crippen LogP contribution is -2.36. The number of likely N-dealkylation sites (tertiary alicyclic amines) is 1. The van der Waals surface area contributed by atoms with Crippen molar-refractivity contribution in [2.24, 2.45) is 0 Å². The Bertz CT molecular complexity index is 714. The molecule has 0 spiro atoms. The van der Waals surface area contributed by atoms with E-state index in [2.05, 4.69) is 21.4 Å². The molecular weight excluding hydrogens is 316 g/mol. The third-order valence-corrected chi connectivity index (χ3v) is 4.35. The first-order valence-electron chi connectivity index (χ1n) is 8.75. The molecule has 1 aromatic carbocycles. The van der Waals surface area contributed by atoms with Gasteiger partial charge in [0.15, 0.2) is 0 Å². The van der Waals surface area contributed by atoms with Crippen LogP contribution in [0.1, 0.15) is 35.3 Å². The molecule has 1 N–H and O–H groups in total. The average Bonchev–Trinajstić information content (AvgIpc) is 2.68. The number of hydrogen-bond acceptors (Lipinski definition) is 5. The average molecular weight is 340 g/mol. The van der Waals surface area contributed by atoms with E-state index in [4.69, 9.17) is 4.74 Å². The molecule has 1 aliphatic rings. The zero-order chi connectivity index (χ0) is 17.5. The Kier molecular flexibility index (Phi) is 5.82. The first-order valence-corrected chi connectivity index (χ1v) is 8.75. The molecule has 25 heavy (non-hydrogen) atoms. The maximum Gasteiger partial charge on any atom is 0.272 e. The normalized spacial score (nSPS) is 14.2. The predicted molar refractivity (Wildman–Crippen MR) is 97.0 cm³/mol. The van der Waals surface area contributed by atoms with Gasteiger partial charge >= 0.3 is 0 Å². The minimum atomic E-state index is -0.00190. The number of amides is 1. The third-order valence-electron chi connectivity index (χ3n) is 4.35. The Labute approximate surface area is 148 Å². The number of nitrogens with one attached hydrogen (secondary N) is 1. The van der Waals surface area contributed by atoms with E-state index in [0.717, 1.165) is 38.1 Å². The van der Waals surface area contributed by atoms with Gasteiger partial charge in [-0.1, -0.05) is 12.1 Å². The quantitative estimate of drug-likeness (QED) is 0.876. The standard InChI is InChI=1S/C19H24N4O2/c1-25-16-7-5-6-15(14-16)8-10-20-19-21-11-9-17(22-19)18(24)23-12-3-2-4-13-23/h5-7,9,11,14H,2-4,8,10,12-13H2,1H3,(H,20,21,22). The molecule has 0 atom stereocenters. The number of methoxy groups -OCH3 is 1. The number of rotatable bonds is 6. The first-order chi connectivity index (χ1) is 12.3. The maximum atomic E-state index is 12.5. The van der Waals surface area contributed by atoms with E-state index >= 15 is 0 Å². The van der Waals surface area contributed by atoms with Gasteiger partial charge in [-0.3, -0.25) is 4.79 Å². The highest BCUT2D eigenvalue weighted by Gasteiger charge is 2.19. The zero-order valence-electron chi connectivity index (χ0n) is 14.6. The molecule has 1 saturated heterocycles. The van der Waals surface area contributed by atoms with Crippen LogP contribution >= 0.6 is 0 Å². The van der Waals surface area contributed by atoms with E-state index in [-0.39, 0.29) is 5.91 Å². The summed E-state index contributed by atoms with van der Waals surface area (Å²) in [4.78, 5) is 23.0. The summed E-state index contributed by atoms with van der Waals surface area (Å²) in [6.07, 6.45) is 5.80. The van der Waals surface area contributed by atoms with Gasteiger partial charge in [-0.05, 0) is 49.4 Å². The molecule has 1 fully saturated rings. The lowest BCUT2D eigenvalue weighted by Gasteiger charge is -2.26. The second-order valence-corrected chi connectivity index (χ2v) is 6.15. The summed E-state index contributed by atoms with van der Waals surface area (Å²) in [6, 6.07) is 9.66. The summed E-state index contributed by atoms with van der Waals surface area (Å²) in [7, 11) is 1.66. The summed E-state index contributed by atoms with van der Waals surface area (Å²) in [5.74, 6) is 1.34. The molecule has 6 nitrogen and oxygen atoms in total. The molecule has 0 bridgehead atoms. The second kappa shape index (κ2) is 8.46. The molecule has 0 radical (unpaired) electrons. The number of anilines is 1. The van der Waals surface area contributed by atoms with Crippen LogP contribution in [0.15, 0.2) is 36.5 Å². The van der Waals surface area contributed by atoms with Crippen LogP contribution in [0.5, 0.6) is 5.75 Å². The van der Waals surface area contributed by atoms with E-state index < -0.39 is 0 Å². The predicted octanol–water partition coefficient (Wildman–Crippen LogP) is 2.77. The number of benzene rings is 1. The fourth-order valence-corrected chi connectivity index (χ4v) is 2.97. The van der Waals surface area contributed by atoms with Crippen molar-refractivity contribution in [3.05, 3.63) is 47.8 Å². The molecule has 1 aliphatic heterocycles. The van der Waals surface area contributed by atoms with Gasteiger partial charge in [-0.15, -0.1) is 0 Å². The molecule has 1 amide bonds. The topological polar surface area (TPSA) is 67.3 Å². The van der Waals surface area contributed by atoms with Crippen molar-refractivity contribution in [2.75, 3.05) is 32.1 Å². The maximum absolute atomic E-state index is 12.5. The van der Waals surface area contributed by atoms with E-state index in [1.54, 1.807) is 19.4 Å². The molecule has 2 heterocycles. The molecule has 3 rings (SSSR count). The Morgan fingerprint density at radius 1 is 1.24 bits per heavy atom. The van der Waals surface area contributed by atoms with Gasteiger partial charge in [0.05, 0.1) is 7.11 Å². The van der Waals surface area contributed by atoms with Crippen LogP contribution < -0.4 is 10.1 Å². The van der Waals surface area contributed by atoms with Crippen molar-refractivity contribution >= 4 is 11.9 Å². The molecular formula is C19H24N4O2. The summed E-state index contributed by atoms with van der Waals surface area (Å²) in [6.45, 7) is 2.33. The lowest BCUT2D eigenvalue weighted by molar-refractivity contribution is 0.0718. The number of carbonyl (C=O) groups excluding carboxylic acids is 1. The van der Waals surface area contributed by atoms with Gasteiger partial charge in [-0.25, -0.2) is 9.97 Å². The Hall–Kier alpha value is -2.63. The molecule has 1 aromatic heterocycles. The van der Waals surface area contributed by atoms with Gasteiger partial charge < -0.3 is 15.0 Å². The van der Waals surface area contributed by atoms with E-state index in [9.17, 15) is 4.79 Å². The van der Waals surface area contributed by atoms with Crippen molar-refractivity contribution in [3.63, 3.8) is 0 Å². The van der Waals surface area contributed by atoms with Gasteiger partial charge in [-0.2, -0.15) is 0 Å². The molecule has 0 unspecified atom stereocenters. The Morgan fingerprint density at radius 2 is 2.08 bits per heavy atom. The number of piperidine rings is 1. The van der Waals surface area contributed by atoms with Crippen LogP contribution in [0, 0.1) is 0 Å². The van der Waals surface area contributed by atoms with Gasteiger partial charge in [0, 0.05) is 25.8 Å². The highest BCUT2D eigenvalue weighted by atomic mass is 16.5. The summed E-state index contributed by atoms with van der Waals surface area (Å²) < 4.78 is 5.23. The van der Waals surface area contributed by atoms with Crippen LogP contribution in [0.3, 0.4) is 0 Å². The number of aromatic nitrogens is 2. The van der Waals surface area contributed by atoms with E-state index in [1.807, 2.05) is 23.1 Å². The zero-order valence-corrected chi connectivity index (χ0v) is 14.6. The minimum absolute atomic E-state index is 0.00190. The third kappa shape index (κ3) is 4.68. The number of carbonyl (C=O) groups is 1. The highest BCUT2D eigenvalue weighted by molar-refractivity contribution is 5.92.